The molecule has 1 fully saturated rings. The van der Waals surface area contributed by atoms with E-state index in [0.717, 1.165) is 27.4 Å². The molecule has 5 nitrogen and oxygen atoms in total. The zero-order valence-corrected chi connectivity index (χ0v) is 20.5. The summed E-state index contributed by atoms with van der Waals surface area (Å²) in [5.41, 5.74) is 2.75. The first-order valence-corrected chi connectivity index (χ1v) is 11.9. The van der Waals surface area contributed by atoms with Crippen molar-refractivity contribution in [3.8, 4) is 5.75 Å². The Hall–Kier alpha value is -2.87. The van der Waals surface area contributed by atoms with Gasteiger partial charge in [0, 0.05) is 15.1 Å². The van der Waals surface area contributed by atoms with E-state index in [1.165, 1.54) is 11.0 Å². The number of amides is 2. The summed E-state index contributed by atoms with van der Waals surface area (Å²) in [6.45, 7) is 2.17. The Labute approximate surface area is 208 Å². The van der Waals surface area contributed by atoms with Crippen molar-refractivity contribution in [2.24, 2.45) is 0 Å². The summed E-state index contributed by atoms with van der Waals surface area (Å²) in [6, 6.07) is 19.2. The van der Waals surface area contributed by atoms with E-state index in [1.54, 1.807) is 42.5 Å². The maximum atomic E-state index is 13.0. The molecule has 33 heavy (non-hydrogen) atoms. The number of carbonyl (C=O) groups is 3. The van der Waals surface area contributed by atoms with Crippen LogP contribution < -0.4 is 4.74 Å². The smallest absolute Gasteiger partial charge is 0.343 e. The van der Waals surface area contributed by atoms with Gasteiger partial charge in [-0.15, -0.1) is 0 Å². The third-order valence-electron chi connectivity index (χ3n) is 4.86. The maximum absolute atomic E-state index is 13.0. The van der Waals surface area contributed by atoms with Crippen LogP contribution in [0.15, 0.2) is 76.1 Å². The summed E-state index contributed by atoms with van der Waals surface area (Å²) < 4.78 is 6.30. The third-order valence-corrected chi connectivity index (χ3v) is 6.49. The molecule has 0 unspecified atom stereocenters. The van der Waals surface area contributed by atoms with E-state index >= 15 is 0 Å². The molecule has 4 rings (SSSR count). The van der Waals surface area contributed by atoms with Crippen molar-refractivity contribution in [1.29, 1.82) is 0 Å². The van der Waals surface area contributed by atoms with Crippen molar-refractivity contribution in [3.05, 3.63) is 103 Å². The molecule has 0 radical (unpaired) electrons. The number of halogens is 2. The fraction of sp³-hybridized carbons (Fsp3) is 0.0800. The lowest BCUT2D eigenvalue weighted by atomic mass is 10.1. The fourth-order valence-corrected chi connectivity index (χ4v) is 4.55. The van der Waals surface area contributed by atoms with Gasteiger partial charge in [0.15, 0.2) is 0 Å². The number of aryl methyl sites for hydroxylation is 1. The lowest BCUT2D eigenvalue weighted by molar-refractivity contribution is -0.123. The topological polar surface area (TPSA) is 63.7 Å². The zero-order chi connectivity index (χ0) is 23.5. The Morgan fingerprint density at radius 2 is 1.85 bits per heavy atom. The average Bonchev–Trinajstić information content (AvgIpc) is 3.04. The van der Waals surface area contributed by atoms with Crippen LogP contribution in [0.5, 0.6) is 5.75 Å². The maximum Gasteiger partial charge on any atom is 0.343 e. The van der Waals surface area contributed by atoms with Gasteiger partial charge in [-0.05, 0) is 66.7 Å². The van der Waals surface area contributed by atoms with Crippen molar-refractivity contribution >= 4 is 62.5 Å². The van der Waals surface area contributed by atoms with E-state index in [9.17, 15) is 14.4 Å². The van der Waals surface area contributed by atoms with Crippen LogP contribution in [0.25, 0.3) is 6.08 Å². The Bertz CT molecular complexity index is 1290. The van der Waals surface area contributed by atoms with Gasteiger partial charge in [0.2, 0.25) is 0 Å². The van der Waals surface area contributed by atoms with Crippen molar-refractivity contribution < 1.29 is 19.1 Å². The van der Waals surface area contributed by atoms with Crippen LogP contribution in [0.1, 0.15) is 27.0 Å². The van der Waals surface area contributed by atoms with Crippen molar-refractivity contribution in [3.63, 3.8) is 0 Å². The van der Waals surface area contributed by atoms with Gasteiger partial charge in [-0.3, -0.25) is 14.5 Å². The minimum Gasteiger partial charge on any atom is -0.422 e. The number of esters is 1. The molecule has 1 aliphatic rings. The second kappa shape index (κ2) is 9.95. The second-order valence-electron chi connectivity index (χ2n) is 7.34. The van der Waals surface area contributed by atoms with Gasteiger partial charge in [-0.25, -0.2) is 4.79 Å². The number of thioether (sulfide) groups is 1. The van der Waals surface area contributed by atoms with E-state index in [0.29, 0.717) is 16.1 Å². The highest BCUT2D eigenvalue weighted by molar-refractivity contribution is 9.10. The molecular formula is C25H17BrClNO4S. The first-order chi connectivity index (χ1) is 15.8. The second-order valence-corrected chi connectivity index (χ2v) is 9.68. The SMILES string of the molecule is Cc1ccc(CN2C(=O)S/C(=C\c3cc(Br)ccc3OC(=O)c3cccc(Cl)c3)C2=O)cc1. The Morgan fingerprint density at radius 3 is 2.58 bits per heavy atom. The number of hydrogen-bond donors (Lipinski definition) is 0. The Balaban J connectivity index is 1.58. The van der Waals surface area contributed by atoms with Gasteiger partial charge in [0.25, 0.3) is 11.1 Å². The molecule has 0 atom stereocenters. The molecule has 3 aromatic rings. The summed E-state index contributed by atoms with van der Waals surface area (Å²) in [7, 11) is 0. The van der Waals surface area contributed by atoms with Gasteiger partial charge < -0.3 is 4.74 Å². The van der Waals surface area contributed by atoms with Crippen LogP contribution in [-0.2, 0) is 11.3 Å². The highest BCUT2D eigenvalue weighted by Gasteiger charge is 2.35. The predicted octanol–water partition coefficient (Wildman–Crippen LogP) is 6.87. The molecule has 2 amide bonds. The third kappa shape index (κ3) is 5.55. The average molecular weight is 543 g/mol. The van der Waals surface area contributed by atoms with E-state index in [1.807, 2.05) is 31.2 Å². The molecule has 0 N–H and O–H groups in total. The standard InChI is InChI=1S/C25H17BrClNO4S/c1-15-5-7-16(8-6-15)14-28-23(29)22(33-25(28)31)13-18-11-19(26)9-10-21(18)32-24(30)17-3-2-4-20(27)12-17/h2-13H,14H2,1H3/b22-13-. The van der Waals surface area contributed by atoms with Gasteiger partial charge in [0.1, 0.15) is 5.75 Å². The van der Waals surface area contributed by atoms with Gasteiger partial charge in [-0.2, -0.15) is 0 Å². The van der Waals surface area contributed by atoms with E-state index in [2.05, 4.69) is 15.9 Å². The fourth-order valence-electron chi connectivity index (χ4n) is 3.15. The lowest BCUT2D eigenvalue weighted by Gasteiger charge is -2.12. The number of imide groups is 1. The highest BCUT2D eigenvalue weighted by atomic mass is 79.9. The molecular weight excluding hydrogens is 526 g/mol. The van der Waals surface area contributed by atoms with E-state index < -0.39 is 11.9 Å². The molecule has 1 heterocycles. The molecule has 8 heteroatoms. The number of carbonyl (C=O) groups excluding carboxylic acids is 3. The van der Waals surface area contributed by atoms with Crippen molar-refractivity contribution in [1.82, 2.24) is 4.90 Å². The quantitative estimate of drug-likeness (QED) is 0.200. The number of hydrogen-bond acceptors (Lipinski definition) is 5. The number of rotatable bonds is 5. The Morgan fingerprint density at radius 1 is 1.09 bits per heavy atom. The molecule has 3 aromatic carbocycles. The van der Waals surface area contributed by atoms with E-state index in [4.69, 9.17) is 16.3 Å². The normalized spacial score (nSPS) is 14.8. The first-order valence-electron chi connectivity index (χ1n) is 9.88. The molecule has 0 bridgehead atoms. The van der Waals surface area contributed by atoms with Crippen LogP contribution in [-0.4, -0.2) is 22.0 Å². The summed E-state index contributed by atoms with van der Waals surface area (Å²) in [5, 5.41) is 0.0713. The van der Waals surface area contributed by atoms with Crippen LogP contribution in [0.3, 0.4) is 0 Å². The van der Waals surface area contributed by atoms with Crippen molar-refractivity contribution in [2.75, 3.05) is 0 Å². The number of nitrogens with zero attached hydrogens (tertiary/aromatic N) is 1. The number of benzene rings is 3. The minimum absolute atomic E-state index is 0.192. The zero-order valence-electron chi connectivity index (χ0n) is 17.4. The molecule has 0 saturated carbocycles. The molecule has 0 aliphatic carbocycles. The largest absolute Gasteiger partial charge is 0.422 e. The summed E-state index contributed by atoms with van der Waals surface area (Å²) in [4.78, 5) is 39.5. The van der Waals surface area contributed by atoms with Crippen molar-refractivity contribution in [2.45, 2.75) is 13.5 Å². The highest BCUT2D eigenvalue weighted by Crippen LogP contribution is 2.36. The molecule has 1 aliphatic heterocycles. The van der Waals surface area contributed by atoms with Gasteiger partial charge in [-0.1, -0.05) is 63.4 Å². The monoisotopic (exact) mass is 541 g/mol. The molecule has 0 spiro atoms. The molecule has 0 aromatic heterocycles. The first kappa shape index (κ1) is 23.3. The van der Waals surface area contributed by atoms with Crippen LogP contribution in [0.2, 0.25) is 5.02 Å². The molecule has 166 valence electrons. The summed E-state index contributed by atoms with van der Waals surface area (Å²) in [5.74, 6) is -0.715. The van der Waals surface area contributed by atoms with Crippen LogP contribution >= 0.6 is 39.3 Å². The minimum atomic E-state index is -0.582. The lowest BCUT2D eigenvalue weighted by Crippen LogP contribution is -2.27. The van der Waals surface area contributed by atoms with Gasteiger partial charge in [0.05, 0.1) is 17.0 Å². The molecule has 1 saturated heterocycles. The Kier molecular flexibility index (Phi) is 7.02. The van der Waals surface area contributed by atoms with Crippen LogP contribution in [0.4, 0.5) is 4.79 Å². The van der Waals surface area contributed by atoms with E-state index in [-0.39, 0.29) is 22.4 Å². The number of ether oxygens (including phenoxy) is 1. The summed E-state index contributed by atoms with van der Waals surface area (Å²) >= 11 is 10.2. The van der Waals surface area contributed by atoms with Gasteiger partial charge >= 0.3 is 5.97 Å². The summed E-state index contributed by atoms with van der Waals surface area (Å²) in [6.07, 6.45) is 1.56. The van der Waals surface area contributed by atoms with Crippen LogP contribution in [0, 0.1) is 6.92 Å². The predicted molar refractivity (Wildman–Crippen MR) is 133 cm³/mol.